The van der Waals surface area contributed by atoms with Gasteiger partial charge in [-0.1, -0.05) is 15.9 Å². The van der Waals surface area contributed by atoms with Gasteiger partial charge in [0, 0.05) is 39.2 Å². The highest BCUT2D eigenvalue weighted by atomic mass is 127. The van der Waals surface area contributed by atoms with Crippen molar-refractivity contribution in [2.75, 3.05) is 0 Å². The average molecular weight is 367 g/mol. The van der Waals surface area contributed by atoms with Gasteiger partial charge in [0.25, 0.3) is 3.70 Å². The fourth-order valence-electron chi connectivity index (χ4n) is 0.981. The molecule has 14 heavy (non-hydrogen) atoms. The van der Waals surface area contributed by atoms with Crippen LogP contribution < -0.4 is 9.79 Å². The lowest BCUT2D eigenvalue weighted by molar-refractivity contribution is -0.682. The molecule has 0 atom stereocenters. The monoisotopic (exact) mass is 366 g/mol. The molecule has 0 aliphatic heterocycles. The molecule has 4 nitrogen and oxygen atoms in total. The van der Waals surface area contributed by atoms with Crippen LogP contribution in [0.25, 0.3) is 5.69 Å². The second-order valence-electron chi connectivity index (χ2n) is 2.54. The Morgan fingerprint density at radius 3 is 2.50 bits per heavy atom. The second kappa shape index (κ2) is 3.85. The summed E-state index contributed by atoms with van der Waals surface area (Å²) in [5.41, 5.74) is 0.795. The van der Waals surface area contributed by atoms with E-state index in [9.17, 15) is 5.11 Å². The lowest BCUT2D eigenvalue weighted by Crippen LogP contribution is -2.35. The third kappa shape index (κ3) is 1.76. The molecule has 0 saturated carbocycles. The van der Waals surface area contributed by atoms with Crippen molar-refractivity contribution in [2.45, 2.75) is 0 Å². The average Bonchev–Trinajstić information content (AvgIpc) is 2.50. The van der Waals surface area contributed by atoms with Crippen LogP contribution in [0.1, 0.15) is 0 Å². The summed E-state index contributed by atoms with van der Waals surface area (Å²) in [5.74, 6) is -0.423. The van der Waals surface area contributed by atoms with Crippen LogP contribution in [0.3, 0.4) is 0 Å². The Bertz CT molecular complexity index is 455. The number of benzene rings is 1. The van der Waals surface area contributed by atoms with Gasteiger partial charge < -0.3 is 9.63 Å². The largest absolute Gasteiger partial charge is 0.538 e. The van der Waals surface area contributed by atoms with Gasteiger partial charge in [-0.25, -0.2) is 0 Å². The Kier molecular flexibility index (Phi) is 2.73. The van der Waals surface area contributed by atoms with Gasteiger partial charge in [-0.2, -0.15) is 0 Å². The molecular weight excluding hydrogens is 363 g/mol. The third-order valence-corrected chi connectivity index (χ3v) is 3.06. The molecule has 6 heteroatoms. The van der Waals surface area contributed by atoms with Crippen molar-refractivity contribution in [2.24, 2.45) is 0 Å². The molecule has 0 N–H and O–H groups in total. The summed E-state index contributed by atoms with van der Waals surface area (Å²) >= 11 is 5.22. The molecule has 72 valence electrons. The van der Waals surface area contributed by atoms with Gasteiger partial charge in [0.05, 0.1) is 5.27 Å². The predicted molar refractivity (Wildman–Crippen MR) is 57.9 cm³/mol. The van der Waals surface area contributed by atoms with E-state index < -0.39 is 5.95 Å². The summed E-state index contributed by atoms with van der Waals surface area (Å²) in [6, 6.07) is 7.43. The van der Waals surface area contributed by atoms with Gasteiger partial charge in [0.1, 0.15) is 0 Å². The van der Waals surface area contributed by atoms with Crippen LogP contribution in [-0.4, -0.2) is 5.27 Å². The van der Waals surface area contributed by atoms with E-state index in [2.05, 4.69) is 25.7 Å². The fraction of sp³-hybridized carbons (Fsp3) is 0. The maximum Gasteiger partial charge on any atom is 0.298 e. The molecule has 0 spiro atoms. The zero-order chi connectivity index (χ0) is 10.1. The Morgan fingerprint density at radius 2 is 2.00 bits per heavy atom. The quantitative estimate of drug-likeness (QED) is 0.566. The molecule has 1 aromatic heterocycles. The first-order chi connectivity index (χ1) is 6.68. The van der Waals surface area contributed by atoms with E-state index in [0.717, 1.165) is 10.2 Å². The summed E-state index contributed by atoms with van der Waals surface area (Å²) < 4.78 is 7.38. The van der Waals surface area contributed by atoms with E-state index in [1.807, 2.05) is 46.9 Å². The fourth-order valence-corrected chi connectivity index (χ4v) is 1.71. The van der Waals surface area contributed by atoms with Crippen LogP contribution in [0.2, 0.25) is 0 Å². The molecule has 1 heterocycles. The first kappa shape index (κ1) is 9.91. The minimum absolute atomic E-state index is 0.423. The van der Waals surface area contributed by atoms with E-state index in [1.54, 1.807) is 0 Å². The van der Waals surface area contributed by atoms with E-state index in [1.165, 1.54) is 4.68 Å². The minimum Gasteiger partial charge on any atom is -0.538 e. The standard InChI is InChI=1S/C8H4BrIN2O2/c9-5-1-3-6(4-2-5)12-7(10)8(13)14-11-12/h1-4H. The number of hydrogen-bond acceptors (Lipinski definition) is 3. The molecule has 0 saturated heterocycles. The number of aromatic nitrogens is 2. The van der Waals surface area contributed by atoms with E-state index >= 15 is 0 Å². The zero-order valence-corrected chi connectivity index (χ0v) is 10.5. The summed E-state index contributed by atoms with van der Waals surface area (Å²) in [7, 11) is 0. The highest BCUT2D eigenvalue weighted by Crippen LogP contribution is 2.14. The maximum absolute atomic E-state index is 11.0. The highest BCUT2D eigenvalue weighted by Gasteiger charge is 2.16. The second-order valence-corrected chi connectivity index (χ2v) is 4.48. The molecule has 0 amide bonds. The molecule has 0 aliphatic rings. The lowest BCUT2D eigenvalue weighted by atomic mass is 10.3. The van der Waals surface area contributed by atoms with Gasteiger partial charge >= 0.3 is 0 Å². The van der Waals surface area contributed by atoms with E-state index in [4.69, 9.17) is 0 Å². The zero-order valence-electron chi connectivity index (χ0n) is 6.78. The molecule has 0 radical (unpaired) electrons. The summed E-state index contributed by atoms with van der Waals surface area (Å²) in [6.07, 6.45) is 0. The van der Waals surface area contributed by atoms with Crippen LogP contribution in [0.4, 0.5) is 0 Å². The minimum atomic E-state index is -0.423. The maximum atomic E-state index is 11.0. The number of halogens is 2. The van der Waals surface area contributed by atoms with E-state index in [0.29, 0.717) is 3.70 Å². The summed E-state index contributed by atoms with van der Waals surface area (Å²) in [4.78, 5) is 0. The molecule has 2 aromatic rings. The molecule has 0 aliphatic carbocycles. The number of nitrogens with zero attached hydrogens (tertiary/aromatic N) is 2. The molecule has 0 fully saturated rings. The number of hydrogen-bond donors (Lipinski definition) is 0. The van der Waals surface area contributed by atoms with Crippen LogP contribution >= 0.6 is 38.5 Å². The smallest absolute Gasteiger partial charge is 0.298 e. The Hall–Kier alpha value is -0.630. The van der Waals surface area contributed by atoms with Crippen molar-refractivity contribution < 1.29 is 14.3 Å². The third-order valence-electron chi connectivity index (χ3n) is 1.63. The van der Waals surface area contributed by atoms with Gasteiger partial charge in [-0.3, -0.25) is 0 Å². The molecule has 2 rings (SSSR count). The molecular formula is C8H4BrIN2O2. The number of rotatable bonds is 1. The first-order valence-corrected chi connectivity index (χ1v) is 5.56. The van der Waals surface area contributed by atoms with Gasteiger partial charge in [0.15, 0.2) is 5.95 Å². The van der Waals surface area contributed by atoms with Gasteiger partial charge in [-0.15, -0.1) is 0 Å². The van der Waals surface area contributed by atoms with Crippen molar-refractivity contribution in [1.82, 2.24) is 5.27 Å². The van der Waals surface area contributed by atoms with Crippen molar-refractivity contribution in [1.29, 1.82) is 0 Å². The van der Waals surface area contributed by atoms with Crippen LogP contribution in [0.15, 0.2) is 33.3 Å². The molecule has 1 aromatic carbocycles. The summed E-state index contributed by atoms with van der Waals surface area (Å²) in [5, 5.41) is 14.6. The van der Waals surface area contributed by atoms with Crippen LogP contribution in [0, 0.1) is 3.70 Å². The summed E-state index contributed by atoms with van der Waals surface area (Å²) in [6.45, 7) is 0. The normalized spacial score (nSPS) is 10.4. The van der Waals surface area contributed by atoms with Crippen molar-refractivity contribution in [3.05, 3.63) is 32.4 Å². The van der Waals surface area contributed by atoms with Crippen LogP contribution in [-0.2, 0) is 0 Å². The highest BCUT2D eigenvalue weighted by molar-refractivity contribution is 14.1. The molecule has 0 bridgehead atoms. The van der Waals surface area contributed by atoms with Gasteiger partial charge in [0.2, 0.25) is 5.69 Å². The van der Waals surface area contributed by atoms with E-state index in [-0.39, 0.29) is 0 Å². The Balaban J connectivity index is 2.49. The molecule has 0 unspecified atom stereocenters. The Morgan fingerprint density at radius 1 is 1.36 bits per heavy atom. The SMILES string of the molecule is [O-]c1on[n+](-c2ccc(Br)cc2)c1I. The topological polar surface area (TPSA) is 53.0 Å². The predicted octanol–water partition coefficient (Wildman–Crippen LogP) is 1.39. The first-order valence-electron chi connectivity index (χ1n) is 3.69. The van der Waals surface area contributed by atoms with Crippen LogP contribution in [0.5, 0.6) is 5.95 Å². The van der Waals surface area contributed by atoms with Gasteiger partial charge in [-0.05, 0) is 16.8 Å². The Labute approximate surface area is 102 Å². The lowest BCUT2D eigenvalue weighted by Gasteiger charge is -1.90. The van der Waals surface area contributed by atoms with Crippen molar-refractivity contribution in [3.8, 4) is 11.6 Å². The van der Waals surface area contributed by atoms with Crippen molar-refractivity contribution in [3.63, 3.8) is 0 Å². The van der Waals surface area contributed by atoms with Crippen molar-refractivity contribution >= 4 is 38.5 Å².